The molecule has 4 heteroatoms. The van der Waals surface area contributed by atoms with E-state index in [0.717, 1.165) is 0 Å². The van der Waals surface area contributed by atoms with Crippen molar-refractivity contribution >= 4 is 5.91 Å². The highest BCUT2D eigenvalue weighted by molar-refractivity contribution is 5.78. The van der Waals surface area contributed by atoms with Crippen LogP contribution in [-0.2, 0) is 9.53 Å². The second-order valence-electron chi connectivity index (χ2n) is 2.53. The summed E-state index contributed by atoms with van der Waals surface area (Å²) in [6.45, 7) is 3.49. The minimum absolute atomic E-state index is 0.190. The van der Waals surface area contributed by atoms with Crippen molar-refractivity contribution in [3.8, 4) is 0 Å². The molecule has 1 amide bonds. The average Bonchev–Trinajstić information content (AvgIpc) is 1.94. The lowest BCUT2D eigenvalue weighted by molar-refractivity contribution is -0.147. The summed E-state index contributed by atoms with van der Waals surface area (Å²) < 4.78 is 5.23. The zero-order chi connectivity index (χ0) is 8.27. The lowest BCUT2D eigenvalue weighted by Gasteiger charge is -2.38. The van der Waals surface area contributed by atoms with Gasteiger partial charge in [-0.25, -0.2) is 0 Å². The van der Waals surface area contributed by atoms with Crippen molar-refractivity contribution in [2.24, 2.45) is 0 Å². The number of carbonyl (C=O) groups excluding carboxylic acids is 1. The van der Waals surface area contributed by atoms with Crippen LogP contribution in [0.25, 0.3) is 0 Å². The first-order valence-electron chi connectivity index (χ1n) is 3.78. The molecule has 1 aliphatic heterocycles. The van der Waals surface area contributed by atoms with Crippen LogP contribution in [0.3, 0.4) is 0 Å². The number of rotatable bonds is 3. The summed E-state index contributed by atoms with van der Waals surface area (Å²) in [6.07, 6.45) is 0.190. The Morgan fingerprint density at radius 3 is 2.82 bits per heavy atom. The number of likely N-dealkylation sites (tertiary alicyclic amines) is 1. The van der Waals surface area contributed by atoms with Gasteiger partial charge in [0.05, 0.1) is 6.10 Å². The SMILES string of the molecule is CCOC1CN(C(=O)CO)C1. The average molecular weight is 159 g/mol. The number of hydrogen-bond acceptors (Lipinski definition) is 3. The van der Waals surface area contributed by atoms with E-state index in [-0.39, 0.29) is 12.0 Å². The monoisotopic (exact) mass is 159 g/mol. The quantitative estimate of drug-likeness (QED) is 0.588. The minimum atomic E-state index is -0.390. The fourth-order valence-corrected chi connectivity index (χ4v) is 1.08. The minimum Gasteiger partial charge on any atom is -0.387 e. The lowest BCUT2D eigenvalue weighted by Crippen LogP contribution is -2.55. The maximum absolute atomic E-state index is 10.8. The summed E-state index contributed by atoms with van der Waals surface area (Å²) in [5.74, 6) is -0.207. The van der Waals surface area contributed by atoms with Gasteiger partial charge in [0.25, 0.3) is 0 Å². The molecule has 0 aromatic heterocycles. The van der Waals surface area contributed by atoms with Gasteiger partial charge in [-0.05, 0) is 6.92 Å². The van der Waals surface area contributed by atoms with Gasteiger partial charge in [0.2, 0.25) is 5.91 Å². The molecule has 0 radical (unpaired) electrons. The Labute approximate surface area is 65.8 Å². The van der Waals surface area contributed by atoms with E-state index in [1.807, 2.05) is 6.92 Å². The van der Waals surface area contributed by atoms with E-state index in [1.165, 1.54) is 0 Å². The van der Waals surface area contributed by atoms with E-state index in [1.54, 1.807) is 4.90 Å². The number of carbonyl (C=O) groups is 1. The van der Waals surface area contributed by atoms with Gasteiger partial charge in [-0.15, -0.1) is 0 Å². The molecule has 11 heavy (non-hydrogen) atoms. The van der Waals surface area contributed by atoms with Gasteiger partial charge in [-0.3, -0.25) is 4.79 Å². The standard InChI is InChI=1S/C7H13NO3/c1-2-11-6-3-8(4-6)7(10)5-9/h6,9H,2-5H2,1H3. The second-order valence-corrected chi connectivity index (χ2v) is 2.53. The van der Waals surface area contributed by atoms with Gasteiger partial charge < -0.3 is 14.7 Å². The molecule has 1 N–H and O–H groups in total. The number of ether oxygens (including phenoxy) is 1. The molecule has 1 aliphatic rings. The molecule has 1 saturated heterocycles. The van der Waals surface area contributed by atoms with Gasteiger partial charge in [0.1, 0.15) is 6.61 Å². The Bertz CT molecular complexity index is 143. The summed E-state index contributed by atoms with van der Waals surface area (Å²) in [5.41, 5.74) is 0. The molecule has 0 bridgehead atoms. The summed E-state index contributed by atoms with van der Waals surface area (Å²) in [6, 6.07) is 0. The first kappa shape index (κ1) is 8.49. The Morgan fingerprint density at radius 1 is 1.73 bits per heavy atom. The summed E-state index contributed by atoms with van der Waals surface area (Å²) in [5, 5.41) is 8.45. The predicted octanol–water partition coefficient (Wildman–Crippen LogP) is -0.774. The topological polar surface area (TPSA) is 49.8 Å². The first-order valence-corrected chi connectivity index (χ1v) is 3.78. The van der Waals surface area contributed by atoms with E-state index >= 15 is 0 Å². The molecular formula is C7H13NO3. The van der Waals surface area contributed by atoms with Crippen LogP contribution in [0, 0.1) is 0 Å². The Kier molecular flexibility index (Phi) is 2.84. The second kappa shape index (κ2) is 3.69. The molecular weight excluding hydrogens is 146 g/mol. The molecule has 0 saturated carbocycles. The van der Waals surface area contributed by atoms with Crippen molar-refractivity contribution < 1.29 is 14.6 Å². The van der Waals surface area contributed by atoms with Crippen molar-refractivity contribution in [3.63, 3.8) is 0 Å². The molecule has 0 aromatic rings. The third-order valence-corrected chi connectivity index (χ3v) is 1.74. The Hall–Kier alpha value is -0.610. The lowest BCUT2D eigenvalue weighted by atomic mass is 10.1. The predicted molar refractivity (Wildman–Crippen MR) is 39.1 cm³/mol. The highest BCUT2D eigenvalue weighted by Crippen LogP contribution is 2.10. The maximum Gasteiger partial charge on any atom is 0.248 e. The van der Waals surface area contributed by atoms with Crippen molar-refractivity contribution in [1.29, 1.82) is 0 Å². The van der Waals surface area contributed by atoms with Crippen LogP contribution in [-0.4, -0.2) is 48.3 Å². The smallest absolute Gasteiger partial charge is 0.248 e. The molecule has 0 atom stereocenters. The van der Waals surface area contributed by atoms with E-state index in [2.05, 4.69) is 0 Å². The van der Waals surface area contributed by atoms with Gasteiger partial charge >= 0.3 is 0 Å². The van der Waals surface area contributed by atoms with Crippen molar-refractivity contribution in [1.82, 2.24) is 4.90 Å². The highest BCUT2D eigenvalue weighted by Gasteiger charge is 2.29. The van der Waals surface area contributed by atoms with Crippen LogP contribution < -0.4 is 0 Å². The van der Waals surface area contributed by atoms with Gasteiger partial charge in [0, 0.05) is 19.7 Å². The third kappa shape index (κ3) is 1.91. The molecule has 1 heterocycles. The number of aliphatic hydroxyl groups excluding tert-OH is 1. The summed E-state index contributed by atoms with van der Waals surface area (Å²) in [7, 11) is 0. The van der Waals surface area contributed by atoms with Crippen molar-refractivity contribution in [2.45, 2.75) is 13.0 Å². The van der Waals surface area contributed by atoms with Crippen LogP contribution in [0.2, 0.25) is 0 Å². The van der Waals surface area contributed by atoms with E-state index in [0.29, 0.717) is 19.7 Å². The zero-order valence-electron chi connectivity index (χ0n) is 6.62. The van der Waals surface area contributed by atoms with E-state index in [4.69, 9.17) is 9.84 Å². The van der Waals surface area contributed by atoms with Gasteiger partial charge in [0.15, 0.2) is 0 Å². The van der Waals surface area contributed by atoms with Crippen LogP contribution in [0.1, 0.15) is 6.92 Å². The summed E-state index contributed by atoms with van der Waals surface area (Å²) >= 11 is 0. The van der Waals surface area contributed by atoms with E-state index < -0.39 is 6.61 Å². The van der Waals surface area contributed by atoms with E-state index in [9.17, 15) is 4.79 Å². The third-order valence-electron chi connectivity index (χ3n) is 1.74. The highest BCUT2D eigenvalue weighted by atomic mass is 16.5. The van der Waals surface area contributed by atoms with Gasteiger partial charge in [-0.2, -0.15) is 0 Å². The fourth-order valence-electron chi connectivity index (χ4n) is 1.08. The molecule has 0 aliphatic carbocycles. The number of aliphatic hydroxyl groups is 1. The number of amides is 1. The van der Waals surface area contributed by atoms with Crippen LogP contribution >= 0.6 is 0 Å². The fraction of sp³-hybridized carbons (Fsp3) is 0.857. The maximum atomic E-state index is 10.8. The molecule has 4 nitrogen and oxygen atoms in total. The normalized spacial score (nSPS) is 18.2. The first-order chi connectivity index (χ1) is 5.27. The van der Waals surface area contributed by atoms with Crippen molar-refractivity contribution in [3.05, 3.63) is 0 Å². The van der Waals surface area contributed by atoms with Crippen LogP contribution in [0.4, 0.5) is 0 Å². The van der Waals surface area contributed by atoms with Crippen LogP contribution in [0.5, 0.6) is 0 Å². The van der Waals surface area contributed by atoms with Crippen LogP contribution in [0.15, 0.2) is 0 Å². The molecule has 0 spiro atoms. The number of hydrogen-bond donors (Lipinski definition) is 1. The van der Waals surface area contributed by atoms with Crippen molar-refractivity contribution in [2.75, 3.05) is 26.3 Å². The molecule has 64 valence electrons. The molecule has 0 aromatic carbocycles. The number of nitrogens with zero attached hydrogens (tertiary/aromatic N) is 1. The largest absolute Gasteiger partial charge is 0.387 e. The Morgan fingerprint density at radius 2 is 2.36 bits per heavy atom. The Balaban J connectivity index is 2.13. The zero-order valence-corrected chi connectivity index (χ0v) is 6.62. The summed E-state index contributed by atoms with van der Waals surface area (Å²) in [4.78, 5) is 12.3. The van der Waals surface area contributed by atoms with Gasteiger partial charge in [-0.1, -0.05) is 0 Å². The molecule has 1 fully saturated rings. The molecule has 1 rings (SSSR count). The molecule has 0 unspecified atom stereocenters.